The van der Waals surface area contributed by atoms with Crippen LogP contribution >= 0.6 is 11.6 Å². The number of para-hydroxylation sites is 1. The van der Waals surface area contributed by atoms with Crippen molar-refractivity contribution in [3.8, 4) is 17.6 Å². The van der Waals surface area contributed by atoms with Gasteiger partial charge < -0.3 is 19.9 Å². The van der Waals surface area contributed by atoms with Gasteiger partial charge in [-0.05, 0) is 54.5 Å². The van der Waals surface area contributed by atoms with Gasteiger partial charge in [-0.15, -0.1) is 0 Å². The van der Waals surface area contributed by atoms with E-state index in [0.717, 1.165) is 5.56 Å². The third kappa shape index (κ3) is 5.94. The molecule has 0 radical (unpaired) electrons. The smallest absolute Gasteiger partial charge is 0.335 e. The highest BCUT2D eigenvalue weighted by molar-refractivity contribution is 6.31. The van der Waals surface area contributed by atoms with Crippen LogP contribution in [-0.4, -0.2) is 24.1 Å². The summed E-state index contributed by atoms with van der Waals surface area (Å²) in [4.78, 5) is 24.0. The zero-order valence-electron chi connectivity index (χ0n) is 18.5. The average Bonchev–Trinajstić information content (AvgIpc) is 2.83. The molecule has 0 aliphatic carbocycles. The van der Waals surface area contributed by atoms with Crippen LogP contribution in [0.5, 0.6) is 11.5 Å². The topological polar surface area (TPSA) is 109 Å². The van der Waals surface area contributed by atoms with Gasteiger partial charge in [0.15, 0.2) is 11.5 Å². The summed E-state index contributed by atoms with van der Waals surface area (Å²) in [5.41, 5.74) is 2.37. The number of hydrogen-bond acceptors (Lipinski definition) is 5. The van der Waals surface area contributed by atoms with E-state index in [9.17, 15) is 20.0 Å². The quantitative estimate of drug-likeness (QED) is 0.329. The second-order valence-corrected chi connectivity index (χ2v) is 7.69. The lowest BCUT2D eigenvalue weighted by atomic mass is 10.1. The van der Waals surface area contributed by atoms with Gasteiger partial charge in [-0.2, -0.15) is 5.26 Å². The summed E-state index contributed by atoms with van der Waals surface area (Å²) in [6.45, 7) is 1.87. The number of carbonyl (C=O) groups is 2. The Morgan fingerprint density at radius 2 is 1.91 bits per heavy atom. The number of nitrogens with zero attached hydrogens (tertiary/aromatic N) is 1. The van der Waals surface area contributed by atoms with Gasteiger partial charge in [0.25, 0.3) is 5.91 Å². The highest BCUT2D eigenvalue weighted by atomic mass is 35.5. The first-order valence-corrected chi connectivity index (χ1v) is 10.5. The minimum atomic E-state index is -1.04. The Hall–Kier alpha value is -4.28. The number of carbonyl (C=O) groups excluding carboxylic acids is 1. The molecule has 2 N–H and O–H groups in total. The number of hydrogen-bond donors (Lipinski definition) is 2. The molecule has 1 amide bonds. The van der Waals surface area contributed by atoms with Crippen molar-refractivity contribution in [2.75, 3.05) is 12.4 Å². The zero-order chi connectivity index (χ0) is 24.7. The molecule has 3 aromatic rings. The Balaban J connectivity index is 1.90. The van der Waals surface area contributed by atoms with Crippen LogP contribution < -0.4 is 14.8 Å². The molecule has 0 spiro atoms. The Labute approximate surface area is 201 Å². The molecule has 0 saturated heterocycles. The van der Waals surface area contributed by atoms with Gasteiger partial charge in [0.05, 0.1) is 12.7 Å². The van der Waals surface area contributed by atoms with Gasteiger partial charge >= 0.3 is 5.97 Å². The second kappa shape index (κ2) is 11.0. The highest BCUT2D eigenvalue weighted by Crippen LogP contribution is 2.33. The molecular weight excluding hydrogens is 456 g/mol. The van der Waals surface area contributed by atoms with Crippen LogP contribution in [0.25, 0.3) is 6.08 Å². The van der Waals surface area contributed by atoms with E-state index < -0.39 is 11.9 Å². The Bertz CT molecular complexity index is 1310. The molecule has 3 aromatic carbocycles. The number of benzene rings is 3. The molecule has 0 aliphatic rings. The average molecular weight is 477 g/mol. The van der Waals surface area contributed by atoms with Crippen molar-refractivity contribution in [1.82, 2.24) is 0 Å². The van der Waals surface area contributed by atoms with Crippen molar-refractivity contribution in [2.45, 2.75) is 13.5 Å². The van der Waals surface area contributed by atoms with Crippen molar-refractivity contribution in [3.63, 3.8) is 0 Å². The molecule has 0 unspecified atom stereocenters. The maximum Gasteiger partial charge on any atom is 0.335 e. The molecule has 34 heavy (non-hydrogen) atoms. The minimum Gasteiger partial charge on any atom is -0.493 e. The molecule has 0 fully saturated rings. The van der Waals surface area contributed by atoms with E-state index in [2.05, 4.69) is 5.32 Å². The van der Waals surface area contributed by atoms with E-state index in [-0.39, 0.29) is 17.7 Å². The number of rotatable bonds is 8. The van der Waals surface area contributed by atoms with Crippen molar-refractivity contribution >= 4 is 35.2 Å². The van der Waals surface area contributed by atoms with Crippen LogP contribution in [0.4, 0.5) is 5.69 Å². The molecule has 8 heteroatoms. The first-order valence-electron chi connectivity index (χ1n) is 10.1. The predicted molar refractivity (Wildman–Crippen MR) is 129 cm³/mol. The SMILES string of the molecule is COc1cccc(/C=C(\C#N)C(=O)Nc2cc(Cl)ccc2C)c1OCc1cccc(C(=O)O)c1. The number of nitriles is 1. The van der Waals surface area contributed by atoms with Crippen molar-refractivity contribution in [3.05, 3.63) is 93.5 Å². The Morgan fingerprint density at radius 3 is 2.62 bits per heavy atom. The summed E-state index contributed by atoms with van der Waals surface area (Å²) in [7, 11) is 1.47. The van der Waals surface area contributed by atoms with E-state index in [4.69, 9.17) is 21.1 Å². The normalized spacial score (nSPS) is 10.8. The van der Waals surface area contributed by atoms with E-state index in [1.807, 2.05) is 13.0 Å². The number of ether oxygens (including phenoxy) is 2. The fourth-order valence-corrected chi connectivity index (χ4v) is 3.31. The van der Waals surface area contributed by atoms with E-state index in [1.54, 1.807) is 48.5 Å². The molecule has 0 aromatic heterocycles. The zero-order valence-corrected chi connectivity index (χ0v) is 19.2. The lowest BCUT2D eigenvalue weighted by Crippen LogP contribution is -2.14. The lowest BCUT2D eigenvalue weighted by molar-refractivity contribution is -0.112. The fraction of sp³-hybridized carbons (Fsp3) is 0.115. The summed E-state index contributed by atoms with van der Waals surface area (Å²) in [5.74, 6) is -0.935. The maximum absolute atomic E-state index is 12.8. The summed E-state index contributed by atoms with van der Waals surface area (Å²) in [5, 5.41) is 22.0. The number of amides is 1. The standard InChI is InChI=1S/C26H21ClN2O5/c1-16-9-10-21(27)13-22(16)29-25(30)20(14-28)12-18-6-4-8-23(33-2)24(18)34-15-17-5-3-7-19(11-17)26(31)32/h3-13H,15H2,1-2H3,(H,29,30)(H,31,32)/b20-12+. The van der Waals surface area contributed by atoms with Crippen LogP contribution in [0.15, 0.2) is 66.2 Å². The Kier molecular flexibility index (Phi) is 7.91. The summed E-state index contributed by atoms with van der Waals surface area (Å²) in [6, 6.07) is 18.4. The van der Waals surface area contributed by atoms with E-state index in [1.165, 1.54) is 25.3 Å². The van der Waals surface area contributed by atoms with Crippen LogP contribution in [0.2, 0.25) is 5.02 Å². The molecule has 7 nitrogen and oxygen atoms in total. The maximum atomic E-state index is 12.8. The number of aromatic carboxylic acids is 1. The summed E-state index contributed by atoms with van der Waals surface area (Å²) >= 11 is 6.02. The second-order valence-electron chi connectivity index (χ2n) is 7.26. The number of carboxylic acid groups (broad SMARTS) is 1. The molecular formula is C26H21ClN2O5. The first-order chi connectivity index (χ1) is 16.3. The molecule has 0 atom stereocenters. The van der Waals surface area contributed by atoms with Crippen LogP contribution in [0.3, 0.4) is 0 Å². The molecule has 0 heterocycles. The van der Waals surface area contributed by atoms with Crippen molar-refractivity contribution < 1.29 is 24.2 Å². The van der Waals surface area contributed by atoms with E-state index in [0.29, 0.717) is 33.3 Å². The first kappa shape index (κ1) is 24.4. The van der Waals surface area contributed by atoms with Gasteiger partial charge in [-0.25, -0.2) is 4.79 Å². The van der Waals surface area contributed by atoms with E-state index >= 15 is 0 Å². The summed E-state index contributed by atoms with van der Waals surface area (Å²) < 4.78 is 11.3. The Morgan fingerprint density at radius 1 is 1.15 bits per heavy atom. The largest absolute Gasteiger partial charge is 0.493 e. The van der Waals surface area contributed by atoms with Gasteiger partial charge in [0, 0.05) is 16.3 Å². The van der Waals surface area contributed by atoms with Crippen LogP contribution in [0, 0.1) is 18.3 Å². The molecule has 0 saturated carbocycles. The van der Waals surface area contributed by atoms with Crippen molar-refractivity contribution in [2.24, 2.45) is 0 Å². The van der Waals surface area contributed by atoms with Gasteiger partial charge in [-0.1, -0.05) is 41.9 Å². The molecule has 3 rings (SSSR count). The number of carboxylic acids is 1. The summed E-state index contributed by atoms with van der Waals surface area (Å²) in [6.07, 6.45) is 1.40. The van der Waals surface area contributed by atoms with Crippen molar-refractivity contribution in [1.29, 1.82) is 5.26 Å². The molecule has 172 valence electrons. The van der Waals surface area contributed by atoms with Crippen LogP contribution in [-0.2, 0) is 11.4 Å². The predicted octanol–water partition coefficient (Wildman–Crippen LogP) is 5.48. The number of halogens is 1. The third-order valence-corrected chi connectivity index (χ3v) is 5.13. The third-order valence-electron chi connectivity index (χ3n) is 4.90. The van der Waals surface area contributed by atoms with Gasteiger partial charge in [0.1, 0.15) is 18.2 Å². The number of nitrogens with one attached hydrogen (secondary N) is 1. The minimum absolute atomic E-state index is 0.0537. The lowest BCUT2D eigenvalue weighted by Gasteiger charge is -2.14. The van der Waals surface area contributed by atoms with Gasteiger partial charge in [0.2, 0.25) is 0 Å². The molecule has 0 aliphatic heterocycles. The fourth-order valence-electron chi connectivity index (χ4n) is 3.13. The van der Waals surface area contributed by atoms with Crippen LogP contribution in [0.1, 0.15) is 27.0 Å². The molecule has 0 bridgehead atoms. The number of aryl methyl sites for hydroxylation is 1. The van der Waals surface area contributed by atoms with Gasteiger partial charge in [-0.3, -0.25) is 4.79 Å². The monoisotopic (exact) mass is 476 g/mol. The number of anilines is 1. The highest BCUT2D eigenvalue weighted by Gasteiger charge is 2.15. The number of methoxy groups -OCH3 is 1.